The van der Waals surface area contributed by atoms with Crippen LogP contribution in [0, 0.1) is 0 Å². The van der Waals surface area contributed by atoms with E-state index in [0.29, 0.717) is 13.0 Å². The third kappa shape index (κ3) is 7.19. The highest BCUT2D eigenvalue weighted by molar-refractivity contribution is 5.79. The zero-order chi connectivity index (χ0) is 15.7. The van der Waals surface area contributed by atoms with E-state index in [-0.39, 0.29) is 11.5 Å². The standard InChI is InChI=1S/C8H11NO2.C4H6O5/c9-4-3-6-1-2-7(10)8(11)5-6;5-2(4(8)9)1-3(6)7/h1-2,5,10-11H,3-4,9H2;2,5H,1H2,(H,6,7)(H,8,9). The molecule has 1 unspecified atom stereocenters. The Bertz CT molecular complexity index is 461. The van der Waals surface area contributed by atoms with Gasteiger partial charge in [0.25, 0.3) is 0 Å². The molecular weight excluding hydrogens is 270 g/mol. The number of benzene rings is 1. The van der Waals surface area contributed by atoms with Crippen LogP contribution in [0.2, 0.25) is 0 Å². The Morgan fingerprint density at radius 3 is 2.10 bits per heavy atom. The van der Waals surface area contributed by atoms with E-state index < -0.39 is 24.5 Å². The lowest BCUT2D eigenvalue weighted by molar-refractivity contribution is -0.152. The number of carboxylic acids is 2. The number of hydrogen-bond acceptors (Lipinski definition) is 6. The van der Waals surface area contributed by atoms with Gasteiger partial charge in [-0.15, -0.1) is 0 Å². The van der Waals surface area contributed by atoms with Crippen LogP contribution in [0.5, 0.6) is 11.5 Å². The Labute approximate surface area is 114 Å². The van der Waals surface area contributed by atoms with Gasteiger partial charge < -0.3 is 31.3 Å². The average Bonchev–Trinajstić information content (AvgIpc) is 2.34. The zero-order valence-electron chi connectivity index (χ0n) is 10.6. The summed E-state index contributed by atoms with van der Waals surface area (Å²) in [4.78, 5) is 19.4. The van der Waals surface area contributed by atoms with Gasteiger partial charge in [0.05, 0.1) is 6.42 Å². The van der Waals surface area contributed by atoms with Crippen molar-refractivity contribution in [3.8, 4) is 11.5 Å². The van der Waals surface area contributed by atoms with Crippen molar-refractivity contribution in [2.45, 2.75) is 18.9 Å². The first-order valence-corrected chi connectivity index (χ1v) is 5.61. The third-order valence-electron chi connectivity index (χ3n) is 2.13. The van der Waals surface area contributed by atoms with E-state index >= 15 is 0 Å². The van der Waals surface area contributed by atoms with Crippen LogP contribution in [0.15, 0.2) is 18.2 Å². The van der Waals surface area contributed by atoms with Gasteiger partial charge in [-0.1, -0.05) is 6.07 Å². The number of aliphatic hydroxyl groups is 1. The number of carbonyl (C=O) groups is 2. The van der Waals surface area contributed by atoms with E-state index in [1.807, 2.05) is 0 Å². The lowest BCUT2D eigenvalue weighted by Crippen LogP contribution is -2.22. The monoisotopic (exact) mass is 287 g/mol. The second-order valence-corrected chi connectivity index (χ2v) is 3.81. The second-order valence-electron chi connectivity index (χ2n) is 3.81. The number of phenols is 2. The van der Waals surface area contributed by atoms with Crippen molar-refractivity contribution in [3.63, 3.8) is 0 Å². The SMILES string of the molecule is NCCc1ccc(O)c(O)c1.O=C(O)CC(O)C(=O)O. The van der Waals surface area contributed by atoms with Gasteiger partial charge >= 0.3 is 11.9 Å². The van der Waals surface area contributed by atoms with Crippen LogP contribution in [-0.2, 0) is 16.0 Å². The minimum absolute atomic E-state index is 0.0871. The largest absolute Gasteiger partial charge is 0.504 e. The van der Waals surface area contributed by atoms with Crippen molar-refractivity contribution in [2.24, 2.45) is 5.73 Å². The second kappa shape index (κ2) is 8.73. The molecule has 0 saturated heterocycles. The van der Waals surface area contributed by atoms with Gasteiger partial charge in [0.15, 0.2) is 17.6 Å². The highest BCUT2D eigenvalue weighted by atomic mass is 16.4. The van der Waals surface area contributed by atoms with E-state index in [2.05, 4.69) is 0 Å². The number of nitrogens with two attached hydrogens (primary N) is 1. The van der Waals surface area contributed by atoms with Gasteiger partial charge in [0.1, 0.15) is 0 Å². The van der Waals surface area contributed by atoms with E-state index in [0.717, 1.165) is 5.56 Å². The molecule has 0 aliphatic heterocycles. The number of rotatable bonds is 5. The smallest absolute Gasteiger partial charge is 0.333 e. The molecule has 0 bridgehead atoms. The molecule has 1 aromatic carbocycles. The molecule has 112 valence electrons. The Balaban J connectivity index is 0.000000370. The first-order valence-electron chi connectivity index (χ1n) is 5.61. The van der Waals surface area contributed by atoms with Gasteiger partial charge in [-0.05, 0) is 30.7 Å². The Kier molecular flexibility index (Phi) is 7.71. The predicted octanol–water partition coefficient (Wildman–Crippen LogP) is -0.494. The quantitative estimate of drug-likeness (QED) is 0.395. The molecule has 8 heteroatoms. The summed E-state index contributed by atoms with van der Waals surface area (Å²) in [6, 6.07) is 4.71. The predicted molar refractivity (Wildman–Crippen MR) is 68.4 cm³/mol. The summed E-state index contributed by atoms with van der Waals surface area (Å²) in [7, 11) is 0. The van der Waals surface area contributed by atoms with Gasteiger partial charge in [0.2, 0.25) is 0 Å². The highest BCUT2D eigenvalue weighted by Crippen LogP contribution is 2.24. The van der Waals surface area contributed by atoms with Crippen molar-refractivity contribution >= 4 is 11.9 Å². The van der Waals surface area contributed by atoms with Crippen LogP contribution in [0.3, 0.4) is 0 Å². The number of hydrogen-bond donors (Lipinski definition) is 6. The molecule has 0 heterocycles. The molecule has 0 saturated carbocycles. The van der Waals surface area contributed by atoms with E-state index in [4.69, 9.17) is 31.3 Å². The summed E-state index contributed by atoms with van der Waals surface area (Å²) in [5.74, 6) is -3.02. The number of carboxylic acid groups (broad SMARTS) is 2. The number of phenolic OH excluding ortho intramolecular Hbond substituents is 2. The van der Waals surface area contributed by atoms with Crippen LogP contribution in [0.1, 0.15) is 12.0 Å². The fraction of sp³-hybridized carbons (Fsp3) is 0.333. The number of aliphatic carboxylic acids is 2. The fourth-order valence-corrected chi connectivity index (χ4v) is 1.14. The van der Waals surface area contributed by atoms with Gasteiger partial charge in [-0.3, -0.25) is 4.79 Å². The molecule has 8 nitrogen and oxygen atoms in total. The Hall–Kier alpha value is -2.32. The first kappa shape index (κ1) is 17.7. The zero-order valence-corrected chi connectivity index (χ0v) is 10.6. The van der Waals surface area contributed by atoms with Gasteiger partial charge in [0, 0.05) is 0 Å². The molecule has 0 spiro atoms. The van der Waals surface area contributed by atoms with Crippen molar-refractivity contribution < 1.29 is 35.1 Å². The minimum atomic E-state index is -1.79. The van der Waals surface area contributed by atoms with Crippen LogP contribution in [0.4, 0.5) is 0 Å². The average molecular weight is 287 g/mol. The number of aliphatic hydroxyl groups excluding tert-OH is 1. The van der Waals surface area contributed by atoms with Gasteiger partial charge in [-0.2, -0.15) is 0 Å². The Morgan fingerprint density at radius 1 is 1.15 bits per heavy atom. The molecule has 1 aromatic rings. The maximum atomic E-state index is 9.72. The summed E-state index contributed by atoms with van der Waals surface area (Å²) in [6.07, 6.45) is -1.83. The summed E-state index contributed by atoms with van der Waals surface area (Å²) in [5, 5.41) is 42.1. The molecule has 1 atom stereocenters. The van der Waals surface area contributed by atoms with E-state index in [9.17, 15) is 9.59 Å². The molecule has 20 heavy (non-hydrogen) atoms. The lowest BCUT2D eigenvalue weighted by Gasteiger charge is -2.00. The van der Waals surface area contributed by atoms with E-state index in [1.54, 1.807) is 6.07 Å². The Morgan fingerprint density at radius 2 is 1.75 bits per heavy atom. The van der Waals surface area contributed by atoms with Gasteiger partial charge in [-0.25, -0.2) is 4.79 Å². The minimum Gasteiger partial charge on any atom is -0.504 e. The topological polar surface area (TPSA) is 161 Å². The first-order chi connectivity index (χ1) is 9.27. The maximum Gasteiger partial charge on any atom is 0.333 e. The fourth-order valence-electron chi connectivity index (χ4n) is 1.14. The summed E-state index contributed by atoms with van der Waals surface area (Å²) in [6.45, 7) is 0.546. The molecule has 0 aliphatic carbocycles. The lowest BCUT2D eigenvalue weighted by atomic mass is 10.1. The van der Waals surface area contributed by atoms with Crippen LogP contribution >= 0.6 is 0 Å². The molecule has 0 aromatic heterocycles. The molecule has 0 amide bonds. The van der Waals surface area contributed by atoms with Crippen LogP contribution < -0.4 is 5.73 Å². The molecular formula is C12H17NO7. The van der Waals surface area contributed by atoms with E-state index in [1.165, 1.54) is 12.1 Å². The van der Waals surface area contributed by atoms with Crippen LogP contribution in [0.25, 0.3) is 0 Å². The van der Waals surface area contributed by atoms with Crippen molar-refractivity contribution in [2.75, 3.05) is 6.54 Å². The molecule has 0 fully saturated rings. The van der Waals surface area contributed by atoms with Crippen LogP contribution in [-0.4, -0.2) is 50.1 Å². The van der Waals surface area contributed by atoms with Crippen molar-refractivity contribution in [3.05, 3.63) is 23.8 Å². The summed E-state index contributed by atoms with van der Waals surface area (Å²) >= 11 is 0. The molecule has 1 rings (SSSR count). The maximum absolute atomic E-state index is 9.72. The summed E-state index contributed by atoms with van der Waals surface area (Å²) < 4.78 is 0. The molecule has 7 N–H and O–H groups in total. The molecule has 0 radical (unpaired) electrons. The van der Waals surface area contributed by atoms with Crippen molar-refractivity contribution in [1.29, 1.82) is 0 Å². The molecule has 0 aliphatic rings. The number of aromatic hydroxyl groups is 2. The summed E-state index contributed by atoms with van der Waals surface area (Å²) in [5.41, 5.74) is 6.24. The third-order valence-corrected chi connectivity index (χ3v) is 2.13. The highest BCUT2D eigenvalue weighted by Gasteiger charge is 2.16. The van der Waals surface area contributed by atoms with Crippen molar-refractivity contribution in [1.82, 2.24) is 0 Å². The normalized spacial score (nSPS) is 11.1.